The van der Waals surface area contributed by atoms with Crippen molar-refractivity contribution < 1.29 is 0 Å². The highest BCUT2D eigenvalue weighted by Crippen LogP contribution is 2.19. The highest BCUT2D eigenvalue weighted by atomic mass is 35.5. The summed E-state index contributed by atoms with van der Waals surface area (Å²) in [7, 11) is 0. The Morgan fingerprint density at radius 1 is 0.800 bits per heavy atom. The largest absolute Gasteiger partial charge is 0.341 e. The van der Waals surface area contributed by atoms with Crippen molar-refractivity contribution in [2.45, 2.75) is 13.8 Å². The number of hydrogen-bond donors (Lipinski definition) is 2. The van der Waals surface area contributed by atoms with Gasteiger partial charge in [0.2, 0.25) is 10.6 Å². The summed E-state index contributed by atoms with van der Waals surface area (Å²) in [6.07, 6.45) is 6.45. The Morgan fingerprint density at radius 3 is 1.97 bits per heavy atom. The zero-order chi connectivity index (χ0) is 21.4. The number of aromatic nitrogens is 9. The number of H-pyrrole nitrogens is 2. The number of halogens is 3. The second-order valence-corrected chi connectivity index (χ2v) is 7.20. The Balaban J connectivity index is 0.000000168. The fraction of sp³-hybridized carbons (Fsp3) is 0.118. The minimum Gasteiger partial charge on any atom is -0.341 e. The molecule has 0 fully saturated rings. The topological polar surface area (TPSA) is 131 Å². The van der Waals surface area contributed by atoms with E-state index in [4.69, 9.17) is 34.8 Å². The van der Waals surface area contributed by atoms with Crippen molar-refractivity contribution in [1.82, 2.24) is 44.4 Å². The lowest BCUT2D eigenvalue weighted by Crippen LogP contribution is -2.13. The molecule has 2 N–H and O–H groups in total. The molecule has 5 rings (SSSR count). The summed E-state index contributed by atoms with van der Waals surface area (Å²) in [4.78, 5) is 41.2. The van der Waals surface area contributed by atoms with Gasteiger partial charge in [0, 0.05) is 23.5 Å². The van der Waals surface area contributed by atoms with Crippen molar-refractivity contribution >= 4 is 57.1 Å². The van der Waals surface area contributed by atoms with Gasteiger partial charge in [0.15, 0.2) is 27.7 Å². The standard InChI is InChI=1S/C12H10ClN5O.C5H2Cl2N4/c1-6-3-18(4-7(2)9(6)19)11-8-10(15-5-14-8)16-12(13)17-11;6-3-2-4(9-1-8-2)11-5(7)10-3/h3-5H,1-2H3,(H,14,15,16,17);1H,(H,8,9,10,11). The number of fused-ring (bicyclic) bond motifs is 2. The lowest BCUT2D eigenvalue weighted by molar-refractivity contribution is 0.950. The maximum Gasteiger partial charge on any atom is 0.226 e. The Labute approximate surface area is 183 Å². The summed E-state index contributed by atoms with van der Waals surface area (Å²) in [6.45, 7) is 3.53. The summed E-state index contributed by atoms with van der Waals surface area (Å²) in [5, 5.41) is 0.510. The number of imidazole rings is 2. The average Bonchev–Trinajstić information content (AvgIpc) is 3.34. The normalized spacial score (nSPS) is 11.0. The molecule has 0 spiro atoms. The van der Waals surface area contributed by atoms with Crippen LogP contribution < -0.4 is 5.43 Å². The number of nitrogens with zero attached hydrogens (tertiary/aromatic N) is 7. The second kappa shape index (κ2) is 7.98. The van der Waals surface area contributed by atoms with Gasteiger partial charge in [-0.1, -0.05) is 11.6 Å². The van der Waals surface area contributed by atoms with E-state index < -0.39 is 0 Å². The molecule has 5 aromatic heterocycles. The number of aromatic amines is 2. The van der Waals surface area contributed by atoms with E-state index in [0.717, 1.165) is 0 Å². The van der Waals surface area contributed by atoms with E-state index in [-0.39, 0.29) is 21.1 Å². The average molecular weight is 465 g/mol. The molecule has 0 atom stereocenters. The molecule has 0 unspecified atom stereocenters. The monoisotopic (exact) mass is 463 g/mol. The van der Waals surface area contributed by atoms with E-state index in [1.54, 1.807) is 30.8 Å². The maximum atomic E-state index is 11.7. The van der Waals surface area contributed by atoms with E-state index >= 15 is 0 Å². The van der Waals surface area contributed by atoms with Gasteiger partial charge < -0.3 is 14.5 Å². The quantitative estimate of drug-likeness (QED) is 0.287. The zero-order valence-electron chi connectivity index (χ0n) is 15.5. The molecule has 13 heteroatoms. The van der Waals surface area contributed by atoms with Crippen LogP contribution in [0.3, 0.4) is 0 Å². The van der Waals surface area contributed by atoms with Crippen molar-refractivity contribution in [3.63, 3.8) is 0 Å². The van der Waals surface area contributed by atoms with Crippen molar-refractivity contribution in [2.24, 2.45) is 0 Å². The van der Waals surface area contributed by atoms with Crippen LogP contribution in [0.2, 0.25) is 15.7 Å². The third-order valence-electron chi connectivity index (χ3n) is 4.08. The van der Waals surface area contributed by atoms with Crippen molar-refractivity contribution in [3.05, 3.63) is 62.1 Å². The molecule has 0 radical (unpaired) electrons. The number of rotatable bonds is 1. The molecule has 10 nitrogen and oxygen atoms in total. The molecule has 0 bridgehead atoms. The number of aryl methyl sites for hydroxylation is 2. The Kier molecular flexibility index (Phi) is 5.37. The third-order valence-corrected chi connectivity index (χ3v) is 4.69. The first-order chi connectivity index (χ1) is 14.3. The van der Waals surface area contributed by atoms with Gasteiger partial charge in [-0.15, -0.1) is 0 Å². The summed E-state index contributed by atoms with van der Waals surface area (Å²) >= 11 is 17.1. The van der Waals surface area contributed by atoms with E-state index in [2.05, 4.69) is 39.9 Å². The number of pyridine rings is 1. The van der Waals surface area contributed by atoms with Crippen LogP contribution in [0.5, 0.6) is 0 Å². The van der Waals surface area contributed by atoms with Gasteiger partial charge in [-0.25, -0.2) is 15.0 Å². The molecule has 0 saturated carbocycles. The van der Waals surface area contributed by atoms with Gasteiger partial charge >= 0.3 is 0 Å². The molecule has 5 heterocycles. The van der Waals surface area contributed by atoms with Crippen molar-refractivity contribution in [1.29, 1.82) is 0 Å². The SMILES string of the molecule is Cc1cn(-c2nc(Cl)nc3nc[nH]c23)cc(C)c1=O.Clc1nc(Cl)c2[nH]cnc2n1. The molecular weight excluding hydrogens is 453 g/mol. The first-order valence-corrected chi connectivity index (χ1v) is 9.55. The number of nitrogens with one attached hydrogen (secondary N) is 2. The second-order valence-electron chi connectivity index (χ2n) is 6.16. The molecule has 0 aromatic carbocycles. The van der Waals surface area contributed by atoms with Gasteiger partial charge in [-0.2, -0.15) is 15.0 Å². The molecule has 5 aromatic rings. The molecule has 0 aliphatic rings. The summed E-state index contributed by atoms with van der Waals surface area (Å²) in [5.41, 5.74) is 3.56. The first kappa shape index (κ1) is 20.2. The van der Waals surface area contributed by atoms with Crippen LogP contribution in [0, 0.1) is 13.8 Å². The Hall–Kier alpha value is -3.08. The molecule has 0 amide bonds. The van der Waals surface area contributed by atoms with Crippen molar-refractivity contribution in [2.75, 3.05) is 0 Å². The minimum atomic E-state index is 0.0252. The summed E-state index contributed by atoms with van der Waals surface area (Å²) in [6, 6.07) is 0. The van der Waals surface area contributed by atoms with Crippen molar-refractivity contribution in [3.8, 4) is 5.82 Å². The van der Waals surface area contributed by atoms with Gasteiger partial charge in [0.25, 0.3) is 0 Å². The zero-order valence-corrected chi connectivity index (χ0v) is 17.7. The van der Waals surface area contributed by atoms with E-state index in [1.807, 2.05) is 0 Å². The first-order valence-electron chi connectivity index (χ1n) is 8.42. The third kappa shape index (κ3) is 3.84. The van der Waals surface area contributed by atoms with E-state index in [9.17, 15) is 4.79 Å². The molecule has 0 aliphatic heterocycles. The van der Waals surface area contributed by atoms with Crippen LogP contribution in [0.4, 0.5) is 0 Å². The summed E-state index contributed by atoms with van der Waals surface area (Å²) in [5.74, 6) is 0.568. The maximum absolute atomic E-state index is 11.7. The summed E-state index contributed by atoms with van der Waals surface area (Å²) < 4.78 is 1.75. The highest BCUT2D eigenvalue weighted by Gasteiger charge is 2.11. The van der Waals surface area contributed by atoms with E-state index in [1.165, 1.54) is 12.7 Å². The van der Waals surface area contributed by atoms with Gasteiger partial charge in [-0.3, -0.25) is 4.79 Å². The fourth-order valence-corrected chi connectivity index (χ4v) is 3.34. The molecular formula is C17H12Cl3N9O. The van der Waals surface area contributed by atoms with Crippen LogP contribution >= 0.6 is 34.8 Å². The Bertz CT molecular complexity index is 1410. The lowest BCUT2D eigenvalue weighted by Gasteiger charge is -2.08. The smallest absolute Gasteiger partial charge is 0.226 e. The highest BCUT2D eigenvalue weighted by molar-refractivity contribution is 6.35. The Morgan fingerprint density at radius 2 is 1.33 bits per heavy atom. The van der Waals surface area contributed by atoms with Gasteiger partial charge in [0.05, 0.1) is 12.7 Å². The van der Waals surface area contributed by atoms with Crippen LogP contribution in [0.25, 0.3) is 28.1 Å². The van der Waals surface area contributed by atoms with Crippen LogP contribution in [0.1, 0.15) is 11.1 Å². The lowest BCUT2D eigenvalue weighted by atomic mass is 10.2. The predicted octanol–water partition coefficient (Wildman–Crippen LogP) is 3.43. The van der Waals surface area contributed by atoms with E-state index in [0.29, 0.717) is 39.3 Å². The predicted molar refractivity (Wildman–Crippen MR) is 113 cm³/mol. The van der Waals surface area contributed by atoms with Gasteiger partial charge in [0.1, 0.15) is 11.0 Å². The van der Waals surface area contributed by atoms with Crippen LogP contribution in [-0.4, -0.2) is 44.4 Å². The molecule has 0 saturated heterocycles. The molecule has 152 valence electrons. The fourth-order valence-electron chi connectivity index (χ4n) is 2.76. The minimum absolute atomic E-state index is 0.0252. The van der Waals surface area contributed by atoms with Crippen LogP contribution in [0.15, 0.2) is 29.8 Å². The molecule has 30 heavy (non-hydrogen) atoms. The van der Waals surface area contributed by atoms with Crippen LogP contribution in [-0.2, 0) is 0 Å². The number of hydrogen-bond acceptors (Lipinski definition) is 7. The molecule has 0 aliphatic carbocycles. The van der Waals surface area contributed by atoms with Gasteiger partial charge in [-0.05, 0) is 37.0 Å².